The molecule has 8 N–H and O–H groups in total. The molecule has 13 nitrogen and oxygen atoms in total. The molecule has 0 bridgehead atoms. The number of nitrogens with two attached hydrogens (primary N) is 1. The van der Waals surface area contributed by atoms with Gasteiger partial charge in [0.15, 0.2) is 0 Å². The number of Topliss-reactive ketones (excluding diaryl/α,β-unsaturated/α-hetero) is 1. The molecule has 0 unspecified atom stereocenters. The first-order chi connectivity index (χ1) is 19.5. The van der Waals surface area contributed by atoms with E-state index >= 15 is 0 Å². The number of carbonyl (C=O) groups is 6. The Balaban J connectivity index is 1.90. The molecule has 0 heterocycles. The number of alkyl halides is 1. The number of carboxylic acid groups (broad SMARTS) is 1. The zero-order chi connectivity index (χ0) is 30.4. The van der Waals surface area contributed by atoms with Crippen molar-refractivity contribution in [1.29, 1.82) is 0 Å². The molecular weight excluding hydrogens is 558 g/mol. The van der Waals surface area contributed by atoms with Crippen molar-refractivity contribution in [2.45, 2.75) is 37.4 Å². The number of ketones is 1. The summed E-state index contributed by atoms with van der Waals surface area (Å²) in [6.07, 6.45) is -0.363. The number of aromatic hydroxyl groups is 1. The van der Waals surface area contributed by atoms with Gasteiger partial charge in [0.25, 0.3) is 0 Å². The van der Waals surface area contributed by atoms with Gasteiger partial charge < -0.3 is 37.2 Å². The average molecular weight is 590 g/mol. The number of hydrogen-bond donors (Lipinski definition) is 7. The van der Waals surface area contributed by atoms with E-state index in [-0.39, 0.29) is 18.6 Å². The van der Waals surface area contributed by atoms with Crippen LogP contribution in [0.15, 0.2) is 54.6 Å². The fraction of sp³-hybridized carbons (Fsp3) is 0.333. The van der Waals surface area contributed by atoms with Crippen LogP contribution >= 0.6 is 11.6 Å². The van der Waals surface area contributed by atoms with Gasteiger partial charge in [-0.15, -0.1) is 11.6 Å². The molecule has 0 aromatic heterocycles. The van der Waals surface area contributed by atoms with Crippen LogP contribution in [0, 0.1) is 0 Å². The van der Waals surface area contributed by atoms with Crippen molar-refractivity contribution in [2.24, 2.45) is 5.73 Å². The highest BCUT2D eigenvalue weighted by Gasteiger charge is 2.28. The molecule has 2 rings (SSSR count). The summed E-state index contributed by atoms with van der Waals surface area (Å²) in [7, 11) is 0. The molecule has 0 spiro atoms. The van der Waals surface area contributed by atoms with Gasteiger partial charge in [0, 0.05) is 12.8 Å². The van der Waals surface area contributed by atoms with Crippen molar-refractivity contribution in [3.63, 3.8) is 0 Å². The van der Waals surface area contributed by atoms with Crippen LogP contribution in [0.25, 0.3) is 0 Å². The number of phenols is 1. The summed E-state index contributed by atoms with van der Waals surface area (Å²) in [5.41, 5.74) is 7.23. The highest BCUT2D eigenvalue weighted by Crippen LogP contribution is 2.11. The Morgan fingerprint density at radius 2 is 1.37 bits per heavy atom. The molecule has 0 aliphatic carbocycles. The quantitative estimate of drug-likeness (QED) is 0.119. The molecule has 0 aliphatic rings. The molecule has 0 saturated heterocycles. The predicted molar refractivity (Wildman–Crippen MR) is 148 cm³/mol. The zero-order valence-electron chi connectivity index (χ0n) is 22.0. The molecule has 41 heavy (non-hydrogen) atoms. The summed E-state index contributed by atoms with van der Waals surface area (Å²) in [5, 5.41) is 28.1. The Bertz CT molecular complexity index is 1230. The number of carboxylic acids is 1. The lowest BCUT2D eigenvalue weighted by molar-refractivity contribution is -0.143. The van der Waals surface area contributed by atoms with E-state index in [1.807, 2.05) is 0 Å². The number of nitrogens with one attached hydrogen (secondary N) is 4. The van der Waals surface area contributed by atoms with E-state index in [1.54, 1.807) is 42.5 Å². The van der Waals surface area contributed by atoms with Gasteiger partial charge in [-0.3, -0.25) is 24.0 Å². The normalized spacial score (nSPS) is 12.7. The van der Waals surface area contributed by atoms with Crippen molar-refractivity contribution >= 4 is 47.0 Å². The van der Waals surface area contributed by atoms with Crippen LogP contribution in [0.1, 0.15) is 17.5 Å². The summed E-state index contributed by atoms with van der Waals surface area (Å²) in [6.45, 7) is -1.00. The molecule has 0 saturated carbocycles. The maximum atomic E-state index is 12.9. The standard InChI is InChI=1S/C27H32ClN5O8/c28-13-19(35)12-22(27(40)41)33-26(39)21(11-16-4-2-1-3-5-16)32-24(37)15-30-23(36)14-31-25(38)20(29)10-17-6-8-18(34)9-7-17/h1-9,20-22,34H,10-15,29H2,(H,30,36)(H,31,38)(H,32,37)(H,33,39)(H,40,41)/t20-,21-,22-/m0/s1. The number of halogens is 1. The van der Waals surface area contributed by atoms with Gasteiger partial charge in [-0.25, -0.2) is 4.79 Å². The number of carbonyl (C=O) groups excluding carboxylic acids is 5. The zero-order valence-corrected chi connectivity index (χ0v) is 22.7. The number of hydrogen-bond acceptors (Lipinski definition) is 8. The lowest BCUT2D eigenvalue weighted by atomic mass is 10.0. The topological polar surface area (TPSA) is 217 Å². The fourth-order valence-electron chi connectivity index (χ4n) is 3.58. The van der Waals surface area contributed by atoms with E-state index in [2.05, 4.69) is 21.3 Å². The molecule has 0 radical (unpaired) electrons. The Morgan fingerprint density at radius 3 is 1.98 bits per heavy atom. The third kappa shape index (κ3) is 12.1. The van der Waals surface area contributed by atoms with Crippen LogP contribution in [-0.4, -0.2) is 82.7 Å². The van der Waals surface area contributed by atoms with E-state index in [0.29, 0.717) is 11.1 Å². The minimum absolute atomic E-state index is 0.00285. The highest BCUT2D eigenvalue weighted by atomic mass is 35.5. The molecule has 14 heteroatoms. The summed E-state index contributed by atoms with van der Waals surface area (Å²) >= 11 is 5.45. The fourth-order valence-corrected chi connectivity index (χ4v) is 3.69. The van der Waals surface area contributed by atoms with Crippen LogP contribution in [-0.2, 0) is 41.6 Å². The van der Waals surface area contributed by atoms with Gasteiger partial charge in [0.05, 0.1) is 25.0 Å². The van der Waals surface area contributed by atoms with Crippen LogP contribution < -0.4 is 27.0 Å². The number of benzene rings is 2. The highest BCUT2D eigenvalue weighted by molar-refractivity contribution is 6.27. The monoisotopic (exact) mass is 589 g/mol. The first-order valence-corrected chi connectivity index (χ1v) is 13.0. The summed E-state index contributed by atoms with van der Waals surface area (Å²) in [6, 6.07) is 11.0. The molecule has 3 atom stereocenters. The van der Waals surface area contributed by atoms with Crippen molar-refractivity contribution in [3.8, 4) is 5.75 Å². The lowest BCUT2D eigenvalue weighted by Gasteiger charge is -2.21. The first kappa shape index (κ1) is 32.7. The second-order valence-electron chi connectivity index (χ2n) is 9.06. The Kier molecular flexibility index (Phi) is 13.2. The van der Waals surface area contributed by atoms with E-state index in [1.165, 1.54) is 12.1 Å². The molecule has 220 valence electrons. The number of phenolic OH excluding ortho intramolecular Hbond substituents is 1. The van der Waals surface area contributed by atoms with E-state index in [9.17, 15) is 39.0 Å². The van der Waals surface area contributed by atoms with Crippen molar-refractivity contribution < 1.29 is 39.0 Å². The van der Waals surface area contributed by atoms with Crippen molar-refractivity contribution in [3.05, 3.63) is 65.7 Å². The third-order valence-electron chi connectivity index (χ3n) is 5.73. The van der Waals surface area contributed by atoms with Crippen molar-refractivity contribution in [2.75, 3.05) is 19.0 Å². The third-order valence-corrected chi connectivity index (χ3v) is 6.03. The van der Waals surface area contributed by atoms with E-state index < -0.39 is 78.9 Å². The van der Waals surface area contributed by atoms with Gasteiger partial charge in [-0.1, -0.05) is 42.5 Å². The van der Waals surface area contributed by atoms with Gasteiger partial charge >= 0.3 is 5.97 Å². The smallest absolute Gasteiger partial charge is 0.326 e. The minimum Gasteiger partial charge on any atom is -0.508 e. The molecule has 0 fully saturated rings. The van der Waals surface area contributed by atoms with E-state index in [4.69, 9.17) is 17.3 Å². The van der Waals surface area contributed by atoms with E-state index in [0.717, 1.165) is 0 Å². The second kappa shape index (κ2) is 16.6. The van der Waals surface area contributed by atoms with Crippen LogP contribution in [0.4, 0.5) is 0 Å². The maximum Gasteiger partial charge on any atom is 0.326 e. The van der Waals surface area contributed by atoms with Gasteiger partial charge in [0.2, 0.25) is 23.6 Å². The van der Waals surface area contributed by atoms with Gasteiger partial charge in [-0.2, -0.15) is 0 Å². The lowest BCUT2D eigenvalue weighted by Crippen LogP contribution is -2.54. The molecule has 2 aromatic rings. The first-order valence-electron chi connectivity index (χ1n) is 12.5. The predicted octanol–water partition coefficient (Wildman–Crippen LogP) is -1.01. The Morgan fingerprint density at radius 1 is 0.756 bits per heavy atom. The molecule has 2 aromatic carbocycles. The SMILES string of the molecule is N[C@@H](Cc1ccc(O)cc1)C(=O)NCC(=O)NCC(=O)N[C@@H](Cc1ccccc1)C(=O)N[C@@H](CC(=O)CCl)C(=O)O. The summed E-state index contributed by atoms with van der Waals surface area (Å²) in [5.74, 6) is -5.28. The van der Waals surface area contributed by atoms with Gasteiger partial charge in [-0.05, 0) is 29.7 Å². The van der Waals surface area contributed by atoms with Crippen molar-refractivity contribution in [1.82, 2.24) is 21.3 Å². The number of aliphatic carboxylic acids is 1. The van der Waals surface area contributed by atoms with Crippen LogP contribution in [0.3, 0.4) is 0 Å². The largest absolute Gasteiger partial charge is 0.508 e. The molecule has 0 aliphatic heterocycles. The van der Waals surface area contributed by atoms with Crippen LogP contribution in [0.5, 0.6) is 5.75 Å². The summed E-state index contributed by atoms with van der Waals surface area (Å²) < 4.78 is 0. The molecule has 4 amide bonds. The summed E-state index contributed by atoms with van der Waals surface area (Å²) in [4.78, 5) is 73.0. The average Bonchev–Trinajstić information content (AvgIpc) is 2.95. The Labute approximate surface area is 240 Å². The maximum absolute atomic E-state index is 12.9. The Hall–Kier alpha value is -4.49. The number of rotatable bonds is 16. The van der Waals surface area contributed by atoms with Gasteiger partial charge in [0.1, 0.15) is 23.6 Å². The minimum atomic E-state index is -1.55. The molecular formula is C27H32ClN5O8. The van der Waals surface area contributed by atoms with Crippen LogP contribution in [0.2, 0.25) is 0 Å². The second-order valence-corrected chi connectivity index (χ2v) is 9.32. The number of amides is 4.